The summed E-state index contributed by atoms with van der Waals surface area (Å²) >= 11 is 4.77. The minimum Gasteiger partial charge on any atom is -0.447 e. The smallest absolute Gasteiger partial charge is 0.170 e. The van der Waals surface area contributed by atoms with E-state index in [0.29, 0.717) is 11.1 Å². The fourth-order valence-electron chi connectivity index (χ4n) is 1.25. The second kappa shape index (κ2) is 4.47. The molecule has 3 nitrogen and oxygen atoms in total. The molecule has 1 unspecified atom stereocenters. The molecule has 2 heterocycles. The Hall–Kier alpha value is -0.650. The number of aliphatic hydroxyl groups excluding tert-OH is 1. The zero-order valence-electron chi connectivity index (χ0n) is 8.11. The van der Waals surface area contributed by atoms with Crippen LogP contribution in [0.25, 0.3) is 10.8 Å². The topological polar surface area (TPSA) is 46.3 Å². The average Bonchev–Trinajstić information content (AvgIpc) is 2.72. The summed E-state index contributed by atoms with van der Waals surface area (Å²) in [7, 11) is 0. The Morgan fingerprint density at radius 3 is 3.00 bits per heavy atom. The summed E-state index contributed by atoms with van der Waals surface area (Å²) in [4.78, 5) is 4.38. The van der Waals surface area contributed by atoms with Crippen LogP contribution < -0.4 is 0 Å². The predicted octanol–water partition coefficient (Wildman–Crippen LogP) is 3.09. The summed E-state index contributed by atoms with van der Waals surface area (Å²) in [5.41, 5.74) is 0.900. The quantitative estimate of drug-likeness (QED) is 0.944. The zero-order chi connectivity index (χ0) is 10.8. The Bertz CT molecular complexity index is 450. The zero-order valence-corrected chi connectivity index (χ0v) is 10.5. The molecular weight excluding hydrogens is 278 g/mol. The molecule has 2 aromatic heterocycles. The molecule has 0 aliphatic rings. The highest BCUT2D eigenvalue weighted by Crippen LogP contribution is 2.27. The molecular formula is C10H10BrNO2S. The van der Waals surface area contributed by atoms with E-state index in [1.807, 2.05) is 17.5 Å². The van der Waals surface area contributed by atoms with Crippen LogP contribution in [0, 0.1) is 0 Å². The van der Waals surface area contributed by atoms with Gasteiger partial charge in [0, 0.05) is 11.8 Å². The lowest BCUT2D eigenvalue weighted by molar-refractivity contribution is 0.194. The molecule has 2 aromatic rings. The van der Waals surface area contributed by atoms with Crippen LogP contribution in [-0.4, -0.2) is 16.2 Å². The molecule has 0 aliphatic carbocycles. The lowest BCUT2D eigenvalue weighted by atomic mass is 10.2. The van der Waals surface area contributed by atoms with Crippen LogP contribution in [0.2, 0.25) is 0 Å². The third kappa shape index (κ3) is 2.68. The normalized spacial score (nSPS) is 13.0. The van der Waals surface area contributed by atoms with Gasteiger partial charge in [-0.25, -0.2) is 4.98 Å². The van der Waals surface area contributed by atoms with Crippen LogP contribution in [0.15, 0.2) is 26.6 Å². The Labute approximate surface area is 99.9 Å². The van der Waals surface area contributed by atoms with Crippen LogP contribution in [0.1, 0.15) is 12.6 Å². The summed E-state index contributed by atoms with van der Waals surface area (Å²) in [6.07, 6.45) is 0.224. The van der Waals surface area contributed by atoms with E-state index in [1.54, 1.807) is 6.92 Å². The number of aromatic nitrogens is 1. The molecule has 0 saturated heterocycles. The Balaban J connectivity index is 2.20. The van der Waals surface area contributed by atoms with Crippen molar-refractivity contribution in [3.8, 4) is 10.8 Å². The van der Waals surface area contributed by atoms with Crippen LogP contribution in [0.4, 0.5) is 0 Å². The van der Waals surface area contributed by atoms with Gasteiger partial charge in [0.1, 0.15) is 0 Å². The molecule has 0 saturated carbocycles. The van der Waals surface area contributed by atoms with Gasteiger partial charge in [-0.05, 0) is 35.0 Å². The van der Waals surface area contributed by atoms with E-state index >= 15 is 0 Å². The molecule has 15 heavy (non-hydrogen) atoms. The third-order valence-electron chi connectivity index (χ3n) is 1.84. The minimum absolute atomic E-state index is 0.358. The van der Waals surface area contributed by atoms with E-state index in [0.717, 1.165) is 16.5 Å². The first kappa shape index (κ1) is 10.9. The highest BCUT2D eigenvalue weighted by atomic mass is 79.9. The van der Waals surface area contributed by atoms with Gasteiger partial charge in [-0.15, -0.1) is 11.3 Å². The molecule has 80 valence electrons. The fourth-order valence-corrected chi connectivity index (χ4v) is 2.34. The van der Waals surface area contributed by atoms with Crippen molar-refractivity contribution < 1.29 is 9.52 Å². The van der Waals surface area contributed by atoms with Gasteiger partial charge in [0.05, 0.1) is 11.8 Å². The van der Waals surface area contributed by atoms with E-state index in [4.69, 9.17) is 4.42 Å². The second-order valence-corrected chi connectivity index (χ2v) is 4.94. The first-order valence-electron chi connectivity index (χ1n) is 4.53. The lowest BCUT2D eigenvalue weighted by Gasteiger charge is -1.98. The van der Waals surface area contributed by atoms with Gasteiger partial charge in [-0.3, -0.25) is 0 Å². The maximum absolute atomic E-state index is 9.22. The van der Waals surface area contributed by atoms with E-state index in [2.05, 4.69) is 20.9 Å². The molecule has 0 fully saturated rings. The van der Waals surface area contributed by atoms with Gasteiger partial charge in [-0.1, -0.05) is 0 Å². The number of hydrogen-bond donors (Lipinski definition) is 1. The minimum atomic E-state index is -0.358. The SMILES string of the molecule is CC(O)Cc1csc(-c2ccc(Br)o2)n1. The lowest BCUT2D eigenvalue weighted by Crippen LogP contribution is -2.04. The maximum atomic E-state index is 9.22. The van der Waals surface area contributed by atoms with Crippen molar-refractivity contribution in [3.63, 3.8) is 0 Å². The van der Waals surface area contributed by atoms with Gasteiger partial charge in [0.2, 0.25) is 0 Å². The van der Waals surface area contributed by atoms with Gasteiger partial charge < -0.3 is 9.52 Å². The predicted molar refractivity (Wildman–Crippen MR) is 62.9 cm³/mol. The molecule has 0 amide bonds. The molecule has 0 aliphatic heterocycles. The van der Waals surface area contributed by atoms with Crippen LogP contribution in [-0.2, 0) is 6.42 Å². The fraction of sp³-hybridized carbons (Fsp3) is 0.300. The van der Waals surface area contributed by atoms with Crippen molar-refractivity contribution >= 4 is 27.3 Å². The Kier molecular flexibility index (Phi) is 3.23. The van der Waals surface area contributed by atoms with Crippen molar-refractivity contribution in [3.05, 3.63) is 27.9 Å². The number of thiazole rings is 1. The first-order valence-corrected chi connectivity index (χ1v) is 6.20. The summed E-state index contributed by atoms with van der Waals surface area (Å²) in [6, 6.07) is 3.71. The van der Waals surface area contributed by atoms with Crippen molar-refractivity contribution in [2.24, 2.45) is 0 Å². The number of rotatable bonds is 3. The molecule has 2 rings (SSSR count). The second-order valence-electron chi connectivity index (χ2n) is 3.30. The van der Waals surface area contributed by atoms with Gasteiger partial charge in [0.15, 0.2) is 15.4 Å². The molecule has 1 atom stereocenters. The Morgan fingerprint density at radius 1 is 1.60 bits per heavy atom. The van der Waals surface area contributed by atoms with E-state index < -0.39 is 0 Å². The number of halogens is 1. The maximum Gasteiger partial charge on any atom is 0.170 e. The Morgan fingerprint density at radius 2 is 2.40 bits per heavy atom. The van der Waals surface area contributed by atoms with Gasteiger partial charge in [0.25, 0.3) is 0 Å². The van der Waals surface area contributed by atoms with Crippen LogP contribution >= 0.6 is 27.3 Å². The number of aliphatic hydroxyl groups is 1. The van der Waals surface area contributed by atoms with Crippen LogP contribution in [0.5, 0.6) is 0 Å². The molecule has 0 aromatic carbocycles. The van der Waals surface area contributed by atoms with Crippen molar-refractivity contribution in [2.45, 2.75) is 19.4 Å². The van der Waals surface area contributed by atoms with Gasteiger partial charge in [-0.2, -0.15) is 0 Å². The molecule has 0 spiro atoms. The van der Waals surface area contributed by atoms with E-state index in [-0.39, 0.29) is 6.10 Å². The number of furan rings is 1. The van der Waals surface area contributed by atoms with Crippen molar-refractivity contribution in [1.82, 2.24) is 4.98 Å². The van der Waals surface area contributed by atoms with Crippen molar-refractivity contribution in [2.75, 3.05) is 0 Å². The largest absolute Gasteiger partial charge is 0.447 e. The summed E-state index contributed by atoms with van der Waals surface area (Å²) in [5, 5.41) is 12.0. The number of nitrogens with zero attached hydrogens (tertiary/aromatic N) is 1. The molecule has 1 N–H and O–H groups in total. The van der Waals surface area contributed by atoms with Crippen LogP contribution in [0.3, 0.4) is 0 Å². The molecule has 0 radical (unpaired) electrons. The van der Waals surface area contributed by atoms with Crippen molar-refractivity contribution in [1.29, 1.82) is 0 Å². The van der Waals surface area contributed by atoms with E-state index in [1.165, 1.54) is 11.3 Å². The highest BCUT2D eigenvalue weighted by molar-refractivity contribution is 9.10. The molecule has 0 bridgehead atoms. The first-order chi connectivity index (χ1) is 7.15. The van der Waals surface area contributed by atoms with Gasteiger partial charge >= 0.3 is 0 Å². The third-order valence-corrected chi connectivity index (χ3v) is 3.17. The molecule has 5 heteroatoms. The summed E-state index contributed by atoms with van der Waals surface area (Å²) in [5.74, 6) is 0.753. The highest BCUT2D eigenvalue weighted by Gasteiger charge is 2.09. The summed E-state index contributed by atoms with van der Waals surface area (Å²) < 4.78 is 6.09. The standard InChI is InChI=1S/C10H10BrNO2S/c1-6(13)4-7-5-15-10(12-7)8-2-3-9(11)14-8/h2-3,5-6,13H,4H2,1H3. The monoisotopic (exact) mass is 287 g/mol. The van der Waals surface area contributed by atoms with E-state index in [9.17, 15) is 5.11 Å². The number of hydrogen-bond acceptors (Lipinski definition) is 4. The average molecular weight is 288 g/mol. The summed E-state index contributed by atoms with van der Waals surface area (Å²) in [6.45, 7) is 1.75.